The number of nitrogens with two attached hydrogens (primary N) is 1. The Bertz CT molecular complexity index is 901. The second-order valence-electron chi connectivity index (χ2n) is 8.30. The van der Waals surface area contributed by atoms with Gasteiger partial charge in [-0.1, -0.05) is 39.3 Å². The van der Waals surface area contributed by atoms with Crippen molar-refractivity contribution >= 4 is 34.0 Å². The van der Waals surface area contributed by atoms with Crippen LogP contribution in [0.1, 0.15) is 60.0 Å². The minimum atomic E-state index is -0.475. The SMILES string of the molecule is CCC(C)(C)C1CCc2c(sc(NC(=O)Nc3cccc(C)c3)c2C(N)=O)C1. The number of anilines is 2. The van der Waals surface area contributed by atoms with Crippen molar-refractivity contribution in [2.24, 2.45) is 17.1 Å². The predicted molar refractivity (Wildman–Crippen MR) is 116 cm³/mol. The summed E-state index contributed by atoms with van der Waals surface area (Å²) in [5.41, 5.74) is 9.20. The molecular weight excluding hydrogens is 370 g/mol. The van der Waals surface area contributed by atoms with Crippen LogP contribution in [0.25, 0.3) is 0 Å². The summed E-state index contributed by atoms with van der Waals surface area (Å²) in [5, 5.41) is 6.23. The van der Waals surface area contributed by atoms with E-state index in [9.17, 15) is 9.59 Å². The van der Waals surface area contributed by atoms with Crippen molar-refractivity contribution in [2.45, 2.75) is 53.4 Å². The Labute approximate surface area is 170 Å². The molecule has 6 heteroatoms. The van der Waals surface area contributed by atoms with Crippen molar-refractivity contribution in [3.05, 3.63) is 45.8 Å². The zero-order valence-corrected chi connectivity index (χ0v) is 17.8. The van der Waals surface area contributed by atoms with Crippen LogP contribution < -0.4 is 16.4 Å². The van der Waals surface area contributed by atoms with Gasteiger partial charge in [-0.2, -0.15) is 0 Å². The van der Waals surface area contributed by atoms with Gasteiger partial charge in [-0.25, -0.2) is 4.79 Å². The van der Waals surface area contributed by atoms with Crippen molar-refractivity contribution in [3.8, 4) is 0 Å². The van der Waals surface area contributed by atoms with Gasteiger partial charge >= 0.3 is 6.03 Å². The molecule has 0 radical (unpaired) electrons. The Morgan fingerprint density at radius 2 is 2.04 bits per heavy atom. The summed E-state index contributed by atoms with van der Waals surface area (Å²) in [5.74, 6) is 0.0925. The summed E-state index contributed by atoms with van der Waals surface area (Å²) < 4.78 is 0. The van der Waals surface area contributed by atoms with E-state index in [1.807, 2.05) is 31.2 Å². The summed E-state index contributed by atoms with van der Waals surface area (Å²) in [6.07, 6.45) is 3.92. The van der Waals surface area contributed by atoms with E-state index in [-0.39, 0.29) is 11.4 Å². The summed E-state index contributed by atoms with van der Waals surface area (Å²) in [6, 6.07) is 7.22. The van der Waals surface area contributed by atoms with Gasteiger partial charge in [0.2, 0.25) is 0 Å². The molecule has 1 aromatic heterocycles. The number of carbonyl (C=O) groups is 2. The average Bonchev–Trinajstić information content (AvgIpc) is 2.98. The maximum absolute atomic E-state index is 12.5. The minimum Gasteiger partial charge on any atom is -0.365 e. The van der Waals surface area contributed by atoms with Gasteiger partial charge in [0.25, 0.3) is 5.91 Å². The van der Waals surface area contributed by atoms with Crippen LogP contribution in [0.15, 0.2) is 24.3 Å². The molecule has 1 aliphatic carbocycles. The van der Waals surface area contributed by atoms with Crippen LogP contribution in [0.2, 0.25) is 0 Å². The Kier molecular flexibility index (Phi) is 5.79. The minimum absolute atomic E-state index is 0.255. The van der Waals surface area contributed by atoms with Gasteiger partial charge in [0.05, 0.1) is 5.56 Å². The number of fused-ring (bicyclic) bond motifs is 1. The molecule has 0 bridgehead atoms. The molecule has 1 unspecified atom stereocenters. The number of benzene rings is 1. The van der Waals surface area contributed by atoms with Gasteiger partial charge in [-0.3, -0.25) is 10.1 Å². The number of carbonyl (C=O) groups excluding carboxylic acids is 2. The van der Waals surface area contributed by atoms with E-state index in [1.54, 1.807) is 0 Å². The molecule has 5 nitrogen and oxygen atoms in total. The first-order chi connectivity index (χ1) is 13.2. The fourth-order valence-corrected chi connectivity index (χ4v) is 5.21. The van der Waals surface area contributed by atoms with Gasteiger partial charge in [-0.15, -0.1) is 11.3 Å². The monoisotopic (exact) mass is 399 g/mol. The number of hydrogen-bond acceptors (Lipinski definition) is 3. The number of aryl methyl sites for hydroxylation is 1. The van der Waals surface area contributed by atoms with Gasteiger partial charge in [-0.05, 0) is 60.8 Å². The topological polar surface area (TPSA) is 84.2 Å². The first-order valence-electron chi connectivity index (χ1n) is 9.80. The second-order valence-corrected chi connectivity index (χ2v) is 9.41. The zero-order chi connectivity index (χ0) is 20.5. The molecule has 0 aliphatic heterocycles. The Morgan fingerprint density at radius 1 is 1.29 bits per heavy atom. The summed E-state index contributed by atoms with van der Waals surface area (Å²) in [4.78, 5) is 25.8. The summed E-state index contributed by atoms with van der Waals surface area (Å²) in [6.45, 7) is 8.80. The second kappa shape index (κ2) is 7.95. The summed E-state index contributed by atoms with van der Waals surface area (Å²) >= 11 is 1.49. The molecule has 1 heterocycles. The molecular formula is C22H29N3O2S. The third-order valence-corrected chi connectivity index (χ3v) is 7.20. The highest BCUT2D eigenvalue weighted by Crippen LogP contribution is 2.45. The predicted octanol–water partition coefficient (Wildman–Crippen LogP) is 5.34. The van der Waals surface area contributed by atoms with Crippen LogP contribution in [-0.4, -0.2) is 11.9 Å². The molecule has 0 saturated carbocycles. The zero-order valence-electron chi connectivity index (χ0n) is 17.0. The van der Waals surface area contributed by atoms with E-state index >= 15 is 0 Å². The van der Waals surface area contributed by atoms with Gasteiger partial charge in [0, 0.05) is 10.6 Å². The molecule has 150 valence electrons. The molecule has 28 heavy (non-hydrogen) atoms. The van der Waals surface area contributed by atoms with Crippen LogP contribution in [0.3, 0.4) is 0 Å². The molecule has 2 aromatic rings. The van der Waals surface area contributed by atoms with Crippen LogP contribution >= 0.6 is 11.3 Å². The van der Waals surface area contributed by atoms with Gasteiger partial charge in [0.1, 0.15) is 5.00 Å². The van der Waals surface area contributed by atoms with Crippen LogP contribution in [-0.2, 0) is 12.8 Å². The standard InChI is InChI=1S/C22H29N3O2S/c1-5-22(3,4)14-9-10-16-17(12-14)28-20(18(16)19(23)26)25-21(27)24-15-8-6-7-13(2)11-15/h6-8,11,14H,5,9-10,12H2,1-4H3,(H2,23,26)(H2,24,25,27). The Hall–Kier alpha value is -2.34. The third kappa shape index (κ3) is 4.22. The van der Waals surface area contributed by atoms with Gasteiger partial charge in [0.15, 0.2) is 0 Å². The van der Waals surface area contributed by atoms with Crippen molar-refractivity contribution < 1.29 is 9.59 Å². The lowest BCUT2D eigenvalue weighted by atomic mass is 9.69. The highest BCUT2D eigenvalue weighted by Gasteiger charge is 2.35. The maximum atomic E-state index is 12.5. The third-order valence-electron chi connectivity index (χ3n) is 6.03. The average molecular weight is 400 g/mol. The first-order valence-corrected chi connectivity index (χ1v) is 10.6. The molecule has 0 saturated heterocycles. The number of hydrogen-bond donors (Lipinski definition) is 3. The van der Waals surface area contributed by atoms with Crippen molar-refractivity contribution in [1.82, 2.24) is 0 Å². The lowest BCUT2D eigenvalue weighted by Gasteiger charge is -2.36. The lowest BCUT2D eigenvalue weighted by molar-refractivity contribution is 0.1000. The lowest BCUT2D eigenvalue weighted by Crippen LogP contribution is -2.29. The van der Waals surface area contributed by atoms with Crippen molar-refractivity contribution in [1.29, 1.82) is 0 Å². The molecule has 1 atom stereocenters. The fourth-order valence-electron chi connectivity index (χ4n) is 3.88. The number of primary amides is 1. The van der Waals surface area contributed by atoms with Crippen LogP contribution in [0.4, 0.5) is 15.5 Å². The van der Waals surface area contributed by atoms with E-state index in [0.717, 1.165) is 36.8 Å². The van der Waals surface area contributed by atoms with E-state index in [4.69, 9.17) is 5.73 Å². The number of urea groups is 1. The number of amides is 3. The number of nitrogens with one attached hydrogen (secondary N) is 2. The number of rotatable bonds is 5. The molecule has 3 rings (SSSR count). The van der Waals surface area contributed by atoms with Crippen LogP contribution in [0, 0.1) is 18.3 Å². The smallest absolute Gasteiger partial charge is 0.324 e. The van der Waals surface area contributed by atoms with Gasteiger partial charge < -0.3 is 11.1 Å². The Balaban J connectivity index is 1.82. The number of thiophene rings is 1. The highest BCUT2D eigenvalue weighted by atomic mass is 32.1. The molecule has 0 fully saturated rings. The van der Waals surface area contributed by atoms with Crippen LogP contribution in [0.5, 0.6) is 0 Å². The van der Waals surface area contributed by atoms with E-state index in [2.05, 4.69) is 31.4 Å². The quantitative estimate of drug-likeness (QED) is 0.634. The fraction of sp³-hybridized carbons (Fsp3) is 0.455. The first kappa shape index (κ1) is 20.4. The van der Waals surface area contributed by atoms with Crippen molar-refractivity contribution in [2.75, 3.05) is 10.6 Å². The molecule has 1 aromatic carbocycles. The van der Waals surface area contributed by atoms with E-state index in [0.29, 0.717) is 22.2 Å². The van der Waals surface area contributed by atoms with E-state index in [1.165, 1.54) is 16.2 Å². The largest absolute Gasteiger partial charge is 0.365 e. The molecule has 3 amide bonds. The highest BCUT2D eigenvalue weighted by molar-refractivity contribution is 7.17. The normalized spacial score (nSPS) is 16.4. The summed E-state index contributed by atoms with van der Waals surface area (Å²) in [7, 11) is 0. The Morgan fingerprint density at radius 3 is 2.68 bits per heavy atom. The molecule has 0 spiro atoms. The van der Waals surface area contributed by atoms with Crippen molar-refractivity contribution in [3.63, 3.8) is 0 Å². The molecule has 4 N–H and O–H groups in total. The van der Waals surface area contributed by atoms with E-state index < -0.39 is 5.91 Å². The maximum Gasteiger partial charge on any atom is 0.324 e. The molecule has 1 aliphatic rings.